The molecule has 3 atom stereocenters. The number of nitrogens with two attached hydrogens (primary N) is 1. The lowest BCUT2D eigenvalue weighted by molar-refractivity contribution is -0.157. The fraction of sp³-hybridized carbons (Fsp3) is 0.909. The highest BCUT2D eigenvalue weighted by molar-refractivity contribution is 5.73. The number of carbonyl (C=O) groups excluding carboxylic acids is 1. The molecule has 15 heavy (non-hydrogen) atoms. The highest BCUT2D eigenvalue weighted by atomic mass is 16.6. The maximum atomic E-state index is 11.7. The molecular formula is C11H21NO3. The van der Waals surface area contributed by atoms with Gasteiger partial charge in [0.1, 0.15) is 6.10 Å². The Morgan fingerprint density at radius 1 is 1.47 bits per heavy atom. The van der Waals surface area contributed by atoms with Crippen molar-refractivity contribution in [3.05, 3.63) is 0 Å². The van der Waals surface area contributed by atoms with E-state index in [0.717, 1.165) is 25.7 Å². The van der Waals surface area contributed by atoms with Crippen LogP contribution in [0.1, 0.15) is 32.6 Å². The summed E-state index contributed by atoms with van der Waals surface area (Å²) >= 11 is 0. The second-order valence-corrected chi connectivity index (χ2v) is 4.26. The monoisotopic (exact) mass is 215 g/mol. The Labute approximate surface area is 91.1 Å². The van der Waals surface area contributed by atoms with E-state index in [4.69, 9.17) is 15.2 Å². The Balaban J connectivity index is 2.37. The molecule has 0 aromatic rings. The first kappa shape index (κ1) is 12.5. The van der Waals surface area contributed by atoms with Crippen molar-refractivity contribution in [1.82, 2.24) is 0 Å². The Morgan fingerprint density at radius 2 is 2.13 bits per heavy atom. The molecular weight excluding hydrogens is 194 g/mol. The van der Waals surface area contributed by atoms with Gasteiger partial charge in [-0.3, -0.25) is 4.79 Å². The summed E-state index contributed by atoms with van der Waals surface area (Å²) in [5.41, 5.74) is 5.90. The van der Waals surface area contributed by atoms with Crippen LogP contribution in [0.2, 0.25) is 0 Å². The average Bonchev–Trinajstić information content (AvgIpc) is 2.18. The zero-order chi connectivity index (χ0) is 11.3. The van der Waals surface area contributed by atoms with Crippen molar-refractivity contribution in [3.8, 4) is 0 Å². The van der Waals surface area contributed by atoms with Crippen LogP contribution in [0.3, 0.4) is 0 Å². The molecule has 0 bridgehead atoms. The highest BCUT2D eigenvalue weighted by Crippen LogP contribution is 2.24. The Kier molecular flexibility index (Phi) is 5.05. The van der Waals surface area contributed by atoms with Crippen molar-refractivity contribution in [2.45, 2.75) is 44.8 Å². The molecule has 3 unspecified atom stereocenters. The van der Waals surface area contributed by atoms with Crippen LogP contribution < -0.4 is 5.73 Å². The van der Waals surface area contributed by atoms with Crippen molar-refractivity contribution >= 4 is 5.97 Å². The van der Waals surface area contributed by atoms with Crippen LogP contribution in [0, 0.1) is 5.92 Å². The minimum atomic E-state index is -0.184. The summed E-state index contributed by atoms with van der Waals surface area (Å²) in [4.78, 5) is 11.7. The minimum Gasteiger partial charge on any atom is -0.460 e. The number of ether oxygens (including phenoxy) is 2. The lowest BCUT2D eigenvalue weighted by Crippen LogP contribution is -2.40. The second-order valence-electron chi connectivity index (χ2n) is 4.26. The maximum Gasteiger partial charge on any atom is 0.310 e. The van der Waals surface area contributed by atoms with Crippen LogP contribution in [-0.4, -0.2) is 31.8 Å². The quantitative estimate of drug-likeness (QED) is 0.713. The molecule has 4 heteroatoms. The molecule has 0 spiro atoms. The fourth-order valence-electron chi connectivity index (χ4n) is 2.01. The van der Waals surface area contributed by atoms with E-state index in [2.05, 4.69) is 0 Å². The number of hydrogen-bond acceptors (Lipinski definition) is 4. The van der Waals surface area contributed by atoms with Crippen molar-refractivity contribution in [3.63, 3.8) is 0 Å². The van der Waals surface area contributed by atoms with Gasteiger partial charge in [0.25, 0.3) is 0 Å². The van der Waals surface area contributed by atoms with E-state index in [0.29, 0.717) is 6.61 Å². The third kappa shape index (κ3) is 3.80. The van der Waals surface area contributed by atoms with Crippen molar-refractivity contribution < 1.29 is 14.3 Å². The summed E-state index contributed by atoms with van der Waals surface area (Å²) < 4.78 is 10.2. The molecule has 1 rings (SSSR count). The molecule has 0 aromatic carbocycles. The largest absolute Gasteiger partial charge is 0.460 e. The topological polar surface area (TPSA) is 61.5 Å². The Bertz CT molecular complexity index is 208. The van der Waals surface area contributed by atoms with Gasteiger partial charge >= 0.3 is 5.97 Å². The zero-order valence-corrected chi connectivity index (χ0v) is 9.57. The molecule has 1 aliphatic carbocycles. The van der Waals surface area contributed by atoms with Crippen LogP contribution >= 0.6 is 0 Å². The summed E-state index contributed by atoms with van der Waals surface area (Å²) in [7, 11) is 1.59. The predicted molar refractivity (Wildman–Crippen MR) is 57.4 cm³/mol. The first-order chi connectivity index (χ1) is 7.15. The average molecular weight is 215 g/mol. The Hall–Kier alpha value is -0.610. The molecule has 0 aliphatic heterocycles. The molecule has 0 aromatic heterocycles. The van der Waals surface area contributed by atoms with E-state index in [9.17, 15) is 4.79 Å². The standard InChI is InChI=1S/C11H21NO3/c1-8(7-14-2)15-11(13)9-5-3-4-6-10(9)12/h8-10H,3-7,12H2,1-2H3. The van der Waals surface area contributed by atoms with Crippen LogP contribution in [-0.2, 0) is 14.3 Å². The molecule has 0 saturated heterocycles. The lowest BCUT2D eigenvalue weighted by atomic mass is 9.85. The smallest absolute Gasteiger partial charge is 0.310 e. The number of esters is 1. The molecule has 2 N–H and O–H groups in total. The van der Waals surface area contributed by atoms with Gasteiger partial charge in [-0.05, 0) is 19.8 Å². The summed E-state index contributed by atoms with van der Waals surface area (Å²) in [5.74, 6) is -0.273. The SMILES string of the molecule is COCC(C)OC(=O)C1CCCCC1N. The first-order valence-corrected chi connectivity index (χ1v) is 5.60. The molecule has 0 radical (unpaired) electrons. The van der Waals surface area contributed by atoms with Crippen LogP contribution in [0.25, 0.3) is 0 Å². The third-order valence-electron chi connectivity index (χ3n) is 2.84. The van der Waals surface area contributed by atoms with Gasteiger partial charge in [-0.1, -0.05) is 12.8 Å². The van der Waals surface area contributed by atoms with Crippen LogP contribution in [0.4, 0.5) is 0 Å². The van der Waals surface area contributed by atoms with Gasteiger partial charge in [0.15, 0.2) is 0 Å². The van der Waals surface area contributed by atoms with E-state index in [1.807, 2.05) is 6.92 Å². The van der Waals surface area contributed by atoms with E-state index in [1.54, 1.807) is 7.11 Å². The third-order valence-corrected chi connectivity index (χ3v) is 2.84. The van der Waals surface area contributed by atoms with Crippen molar-refractivity contribution in [1.29, 1.82) is 0 Å². The molecule has 1 saturated carbocycles. The molecule has 1 fully saturated rings. The molecule has 0 heterocycles. The molecule has 1 aliphatic rings. The predicted octanol–water partition coefficient (Wildman–Crippen LogP) is 1.08. The number of rotatable bonds is 4. The fourth-order valence-corrected chi connectivity index (χ4v) is 2.01. The van der Waals surface area contributed by atoms with Crippen LogP contribution in [0.15, 0.2) is 0 Å². The van der Waals surface area contributed by atoms with Crippen molar-refractivity contribution in [2.24, 2.45) is 11.7 Å². The van der Waals surface area contributed by atoms with E-state index in [-0.39, 0.29) is 24.0 Å². The number of methoxy groups -OCH3 is 1. The number of hydrogen-bond donors (Lipinski definition) is 1. The van der Waals surface area contributed by atoms with Gasteiger partial charge in [-0.15, -0.1) is 0 Å². The van der Waals surface area contributed by atoms with E-state index in [1.165, 1.54) is 0 Å². The van der Waals surface area contributed by atoms with E-state index >= 15 is 0 Å². The minimum absolute atomic E-state index is 0.0269. The second kappa shape index (κ2) is 6.08. The Morgan fingerprint density at radius 3 is 2.73 bits per heavy atom. The summed E-state index contributed by atoms with van der Waals surface area (Å²) in [6, 6.07) is -0.0269. The first-order valence-electron chi connectivity index (χ1n) is 5.60. The van der Waals surface area contributed by atoms with Gasteiger partial charge in [0, 0.05) is 13.2 Å². The highest BCUT2D eigenvalue weighted by Gasteiger charge is 2.30. The molecule has 88 valence electrons. The maximum absolute atomic E-state index is 11.7. The number of carbonyl (C=O) groups is 1. The van der Waals surface area contributed by atoms with Crippen LogP contribution in [0.5, 0.6) is 0 Å². The van der Waals surface area contributed by atoms with Gasteiger partial charge in [0.05, 0.1) is 12.5 Å². The summed E-state index contributed by atoms with van der Waals surface area (Å²) in [5, 5.41) is 0. The normalized spacial score (nSPS) is 28.5. The van der Waals surface area contributed by atoms with Gasteiger partial charge in [0.2, 0.25) is 0 Å². The molecule has 0 amide bonds. The van der Waals surface area contributed by atoms with E-state index < -0.39 is 0 Å². The van der Waals surface area contributed by atoms with Gasteiger partial charge < -0.3 is 15.2 Å². The van der Waals surface area contributed by atoms with Gasteiger partial charge in [-0.2, -0.15) is 0 Å². The molecule has 4 nitrogen and oxygen atoms in total. The van der Waals surface area contributed by atoms with Crippen molar-refractivity contribution in [2.75, 3.05) is 13.7 Å². The van der Waals surface area contributed by atoms with Gasteiger partial charge in [-0.25, -0.2) is 0 Å². The summed E-state index contributed by atoms with van der Waals surface area (Å²) in [6.45, 7) is 2.27. The summed E-state index contributed by atoms with van der Waals surface area (Å²) in [6.07, 6.45) is 3.81. The zero-order valence-electron chi connectivity index (χ0n) is 9.57. The lowest BCUT2D eigenvalue weighted by Gasteiger charge is -2.27.